The van der Waals surface area contributed by atoms with Gasteiger partial charge in [-0.15, -0.1) is 23.2 Å². The molecule has 0 spiro atoms. The standard InChI is InChI=1S/C13H18N2O2S2/c1-3-5-6-7-8-9-14-12(16)11-10-15-13(18-11)19(17)4-2/h10H,3-4,7-9H2,1-2H3,(H,14,16). The van der Waals surface area contributed by atoms with Crippen molar-refractivity contribution in [2.45, 2.75) is 37.4 Å². The molecule has 0 saturated heterocycles. The molecule has 104 valence electrons. The van der Waals surface area contributed by atoms with Gasteiger partial charge in [-0.1, -0.05) is 13.8 Å². The normalized spacial score (nSPS) is 11.5. The summed E-state index contributed by atoms with van der Waals surface area (Å²) in [6, 6.07) is 0. The van der Waals surface area contributed by atoms with Gasteiger partial charge in [0.1, 0.15) is 4.88 Å². The predicted molar refractivity (Wildman–Crippen MR) is 78.7 cm³/mol. The number of thiazole rings is 1. The summed E-state index contributed by atoms with van der Waals surface area (Å²) < 4.78 is 12.0. The molecule has 4 nitrogen and oxygen atoms in total. The molecule has 19 heavy (non-hydrogen) atoms. The van der Waals surface area contributed by atoms with Crippen LogP contribution in [0.2, 0.25) is 0 Å². The van der Waals surface area contributed by atoms with E-state index in [1.54, 1.807) is 0 Å². The van der Waals surface area contributed by atoms with E-state index < -0.39 is 10.8 Å². The third-order valence-electron chi connectivity index (χ3n) is 2.23. The van der Waals surface area contributed by atoms with Crippen molar-refractivity contribution in [3.8, 4) is 11.8 Å². The average Bonchev–Trinajstić information content (AvgIpc) is 2.91. The van der Waals surface area contributed by atoms with Crippen molar-refractivity contribution in [2.75, 3.05) is 12.3 Å². The first-order valence-corrected chi connectivity index (χ1v) is 8.40. The molecule has 1 unspecified atom stereocenters. The second kappa shape index (κ2) is 8.83. The Morgan fingerprint density at radius 2 is 2.26 bits per heavy atom. The fraction of sp³-hybridized carbons (Fsp3) is 0.538. The molecule has 1 amide bonds. The zero-order chi connectivity index (χ0) is 14.1. The molecular weight excluding hydrogens is 280 g/mol. The van der Waals surface area contributed by atoms with Crippen LogP contribution in [0.4, 0.5) is 0 Å². The van der Waals surface area contributed by atoms with E-state index in [1.165, 1.54) is 17.5 Å². The third-order valence-corrected chi connectivity index (χ3v) is 4.85. The number of hydrogen-bond donors (Lipinski definition) is 1. The maximum absolute atomic E-state index is 11.8. The number of hydrogen-bond acceptors (Lipinski definition) is 4. The van der Waals surface area contributed by atoms with Crippen LogP contribution < -0.4 is 5.32 Å². The zero-order valence-electron chi connectivity index (χ0n) is 11.2. The summed E-state index contributed by atoms with van der Waals surface area (Å²) in [4.78, 5) is 16.3. The first-order chi connectivity index (χ1) is 9.19. The highest BCUT2D eigenvalue weighted by Gasteiger charge is 2.12. The third kappa shape index (κ3) is 5.53. The molecule has 0 radical (unpaired) electrons. The SMILES string of the molecule is CCC#CCCCNC(=O)c1cnc(S(=O)CC)s1. The van der Waals surface area contributed by atoms with E-state index >= 15 is 0 Å². The molecule has 1 rings (SSSR count). The number of aromatic nitrogens is 1. The highest BCUT2D eigenvalue weighted by Crippen LogP contribution is 2.16. The lowest BCUT2D eigenvalue weighted by atomic mass is 10.3. The fourth-order valence-electron chi connectivity index (χ4n) is 1.27. The summed E-state index contributed by atoms with van der Waals surface area (Å²) in [6.45, 7) is 4.44. The second-order valence-electron chi connectivity index (χ2n) is 3.69. The van der Waals surface area contributed by atoms with Crippen molar-refractivity contribution in [1.29, 1.82) is 0 Å². The van der Waals surface area contributed by atoms with Gasteiger partial charge in [0.15, 0.2) is 4.34 Å². The van der Waals surface area contributed by atoms with E-state index in [0.717, 1.165) is 19.3 Å². The molecule has 0 bridgehead atoms. The molecule has 1 atom stereocenters. The van der Waals surface area contributed by atoms with Gasteiger partial charge in [0.2, 0.25) is 0 Å². The van der Waals surface area contributed by atoms with Crippen molar-refractivity contribution in [1.82, 2.24) is 10.3 Å². The molecule has 0 fully saturated rings. The van der Waals surface area contributed by atoms with Gasteiger partial charge in [-0.3, -0.25) is 9.00 Å². The van der Waals surface area contributed by atoms with Crippen LogP contribution in [-0.4, -0.2) is 27.4 Å². The number of carbonyl (C=O) groups is 1. The topological polar surface area (TPSA) is 59.1 Å². The molecule has 1 aromatic heterocycles. The Bertz CT molecular complexity index is 500. The highest BCUT2D eigenvalue weighted by atomic mass is 32.2. The number of nitrogens with zero attached hydrogens (tertiary/aromatic N) is 1. The van der Waals surface area contributed by atoms with Crippen molar-refractivity contribution < 1.29 is 9.00 Å². The molecular formula is C13H18N2O2S2. The molecule has 1 aromatic rings. The molecule has 0 aromatic carbocycles. The molecule has 1 heterocycles. The van der Waals surface area contributed by atoms with E-state index in [-0.39, 0.29) is 5.91 Å². The second-order valence-corrected chi connectivity index (χ2v) is 6.64. The van der Waals surface area contributed by atoms with Crippen LogP contribution in [0.5, 0.6) is 0 Å². The smallest absolute Gasteiger partial charge is 0.263 e. The van der Waals surface area contributed by atoms with Crippen LogP contribution >= 0.6 is 11.3 Å². The molecule has 0 saturated carbocycles. The monoisotopic (exact) mass is 298 g/mol. The Balaban J connectivity index is 2.37. The predicted octanol–water partition coefficient (Wildman–Crippen LogP) is 2.19. The van der Waals surface area contributed by atoms with Gasteiger partial charge >= 0.3 is 0 Å². The van der Waals surface area contributed by atoms with Gasteiger partial charge in [0.25, 0.3) is 5.91 Å². The minimum atomic E-state index is -1.09. The number of unbranched alkanes of at least 4 members (excludes halogenated alkanes) is 1. The quantitative estimate of drug-likeness (QED) is 0.647. The summed E-state index contributed by atoms with van der Waals surface area (Å²) >= 11 is 1.19. The Labute approximate surface area is 120 Å². The van der Waals surface area contributed by atoms with Crippen molar-refractivity contribution in [2.24, 2.45) is 0 Å². The van der Waals surface area contributed by atoms with Gasteiger partial charge in [-0.2, -0.15) is 0 Å². The summed E-state index contributed by atoms with van der Waals surface area (Å²) in [6.07, 6.45) is 3.98. The summed E-state index contributed by atoms with van der Waals surface area (Å²) in [7, 11) is -1.09. The van der Waals surface area contributed by atoms with E-state index in [9.17, 15) is 9.00 Å². The number of nitrogens with one attached hydrogen (secondary N) is 1. The summed E-state index contributed by atoms with van der Waals surface area (Å²) in [5, 5.41) is 2.81. The maximum atomic E-state index is 11.8. The lowest BCUT2D eigenvalue weighted by Gasteiger charge is -2.00. The van der Waals surface area contributed by atoms with Gasteiger partial charge in [-0.25, -0.2) is 4.98 Å². The van der Waals surface area contributed by atoms with Crippen LogP contribution in [0.15, 0.2) is 10.5 Å². The first kappa shape index (κ1) is 15.9. The molecule has 0 aliphatic heterocycles. The van der Waals surface area contributed by atoms with Crippen LogP contribution in [0.1, 0.15) is 42.8 Å². The maximum Gasteiger partial charge on any atom is 0.263 e. The van der Waals surface area contributed by atoms with Crippen LogP contribution in [0, 0.1) is 11.8 Å². The molecule has 0 aliphatic rings. The lowest BCUT2D eigenvalue weighted by Crippen LogP contribution is -2.23. The van der Waals surface area contributed by atoms with Crippen LogP contribution in [0.3, 0.4) is 0 Å². The van der Waals surface area contributed by atoms with Crippen molar-refractivity contribution >= 4 is 28.0 Å². The number of amides is 1. The van der Waals surface area contributed by atoms with Gasteiger partial charge in [-0.05, 0) is 6.42 Å². The Hall–Kier alpha value is -1.19. The van der Waals surface area contributed by atoms with Crippen molar-refractivity contribution in [3.63, 3.8) is 0 Å². The van der Waals surface area contributed by atoms with Crippen LogP contribution in [-0.2, 0) is 10.8 Å². The average molecular weight is 298 g/mol. The Morgan fingerprint density at radius 3 is 2.95 bits per heavy atom. The molecule has 1 N–H and O–H groups in total. The lowest BCUT2D eigenvalue weighted by molar-refractivity contribution is 0.0957. The minimum Gasteiger partial charge on any atom is -0.351 e. The first-order valence-electron chi connectivity index (χ1n) is 6.27. The Morgan fingerprint density at radius 1 is 1.47 bits per heavy atom. The van der Waals surface area contributed by atoms with Gasteiger partial charge < -0.3 is 5.32 Å². The van der Waals surface area contributed by atoms with Crippen LogP contribution in [0.25, 0.3) is 0 Å². The fourth-order valence-corrected chi connectivity index (χ4v) is 3.25. The molecule has 6 heteroatoms. The molecule has 0 aliphatic carbocycles. The van der Waals surface area contributed by atoms with E-state index in [4.69, 9.17) is 0 Å². The Kier molecular flexibility index (Phi) is 7.38. The van der Waals surface area contributed by atoms with E-state index in [2.05, 4.69) is 22.1 Å². The number of carbonyl (C=O) groups excluding carboxylic acids is 1. The summed E-state index contributed by atoms with van der Waals surface area (Å²) in [5.74, 6) is 6.38. The number of rotatable bonds is 6. The highest BCUT2D eigenvalue weighted by molar-refractivity contribution is 7.87. The van der Waals surface area contributed by atoms with Crippen molar-refractivity contribution in [3.05, 3.63) is 11.1 Å². The van der Waals surface area contributed by atoms with E-state index in [0.29, 0.717) is 21.5 Å². The van der Waals surface area contributed by atoms with Gasteiger partial charge in [0, 0.05) is 25.1 Å². The zero-order valence-corrected chi connectivity index (χ0v) is 12.8. The van der Waals surface area contributed by atoms with Gasteiger partial charge in [0.05, 0.1) is 17.0 Å². The largest absolute Gasteiger partial charge is 0.351 e. The minimum absolute atomic E-state index is 0.152. The van der Waals surface area contributed by atoms with E-state index in [1.807, 2.05) is 13.8 Å². The summed E-state index contributed by atoms with van der Waals surface area (Å²) in [5.41, 5.74) is 0.